The molecule has 4 saturated carbocycles. The highest BCUT2D eigenvalue weighted by molar-refractivity contribution is 6.04. The first-order valence-electron chi connectivity index (χ1n) is 11.1. The molecule has 0 aliphatic heterocycles. The van der Waals surface area contributed by atoms with Crippen molar-refractivity contribution in [3.8, 4) is 11.5 Å². The van der Waals surface area contributed by atoms with Crippen LogP contribution in [0, 0.1) is 23.6 Å². The molecule has 0 unspecified atom stereocenters. The number of anilines is 2. The van der Waals surface area contributed by atoms with Crippen LogP contribution in [0.1, 0.15) is 48.9 Å². The standard InChI is InChI=1S/C25H29FN2O3/c1-28(25-12-15-7-16(13-25)9-17(8-15)14-25)20-5-3-19(4-6-20)27-24(30)18-10-21(26)23(29)22(11-18)31-2/h3-6,10-11,15-17,29H,7-9,12-14H2,1-2H3,(H,27,30). The average molecular weight is 425 g/mol. The summed E-state index contributed by atoms with van der Waals surface area (Å²) < 4.78 is 18.8. The van der Waals surface area contributed by atoms with Crippen molar-refractivity contribution in [1.82, 2.24) is 0 Å². The number of carbonyl (C=O) groups excluding carboxylic acids is 1. The van der Waals surface area contributed by atoms with Gasteiger partial charge < -0.3 is 20.1 Å². The number of phenols is 1. The number of nitrogens with zero attached hydrogens (tertiary/aromatic N) is 1. The van der Waals surface area contributed by atoms with Gasteiger partial charge in [0.2, 0.25) is 0 Å². The van der Waals surface area contributed by atoms with E-state index in [2.05, 4.69) is 17.3 Å². The molecule has 0 radical (unpaired) electrons. The molecule has 6 heteroatoms. The number of hydrogen-bond donors (Lipinski definition) is 2. The molecule has 0 heterocycles. The SMILES string of the molecule is COc1cc(C(=O)Nc2ccc(N(C)C34CC5CC(CC(C5)C3)C4)cc2)cc(F)c1O. The predicted octanol–water partition coefficient (Wildman–Crippen LogP) is 5.20. The maximum absolute atomic E-state index is 13.9. The van der Waals surface area contributed by atoms with E-state index in [4.69, 9.17) is 4.74 Å². The van der Waals surface area contributed by atoms with E-state index in [1.165, 1.54) is 51.7 Å². The molecule has 4 fully saturated rings. The van der Waals surface area contributed by atoms with Gasteiger partial charge in [-0.3, -0.25) is 4.79 Å². The first kappa shape index (κ1) is 20.2. The van der Waals surface area contributed by atoms with Crippen LogP contribution in [0.4, 0.5) is 15.8 Å². The molecule has 2 aromatic carbocycles. The van der Waals surface area contributed by atoms with Crippen molar-refractivity contribution in [2.75, 3.05) is 24.4 Å². The third-order valence-electron chi connectivity index (χ3n) is 7.74. The summed E-state index contributed by atoms with van der Waals surface area (Å²) in [6.07, 6.45) is 8.13. The number of phenolic OH excluding ortho intramolecular Hbond substituents is 1. The van der Waals surface area contributed by atoms with Gasteiger partial charge in [0, 0.05) is 29.5 Å². The lowest BCUT2D eigenvalue weighted by Gasteiger charge is -2.60. The fraction of sp³-hybridized carbons (Fsp3) is 0.480. The summed E-state index contributed by atoms with van der Waals surface area (Å²) in [4.78, 5) is 15.0. The molecule has 0 aromatic heterocycles. The molecule has 31 heavy (non-hydrogen) atoms. The van der Waals surface area contributed by atoms with Gasteiger partial charge in [0.1, 0.15) is 0 Å². The van der Waals surface area contributed by atoms with E-state index in [-0.39, 0.29) is 16.9 Å². The Hall–Kier alpha value is -2.76. The number of rotatable bonds is 5. The Morgan fingerprint density at radius 3 is 2.23 bits per heavy atom. The lowest BCUT2D eigenvalue weighted by atomic mass is 9.52. The number of amides is 1. The van der Waals surface area contributed by atoms with E-state index < -0.39 is 17.5 Å². The second-order valence-electron chi connectivity index (χ2n) is 9.71. The zero-order chi connectivity index (χ0) is 21.8. The molecule has 0 saturated heterocycles. The van der Waals surface area contributed by atoms with Crippen LogP contribution < -0.4 is 15.0 Å². The molecule has 0 atom stereocenters. The van der Waals surface area contributed by atoms with Crippen LogP contribution in [0.2, 0.25) is 0 Å². The molecular formula is C25H29FN2O3. The molecule has 1 amide bonds. The van der Waals surface area contributed by atoms with Gasteiger partial charge >= 0.3 is 0 Å². The fourth-order valence-electron chi connectivity index (χ4n) is 6.58. The van der Waals surface area contributed by atoms with Crippen LogP contribution in [0.15, 0.2) is 36.4 Å². The Bertz CT molecular complexity index is 969. The zero-order valence-corrected chi connectivity index (χ0v) is 18.0. The van der Waals surface area contributed by atoms with Gasteiger partial charge in [0.05, 0.1) is 7.11 Å². The number of ether oxygens (including phenoxy) is 1. The Balaban J connectivity index is 1.30. The first-order valence-corrected chi connectivity index (χ1v) is 11.1. The molecule has 2 N–H and O–H groups in total. The van der Waals surface area contributed by atoms with Crippen molar-refractivity contribution < 1.29 is 19.0 Å². The van der Waals surface area contributed by atoms with E-state index in [1.54, 1.807) is 0 Å². The smallest absolute Gasteiger partial charge is 0.255 e. The Kier molecular flexibility index (Phi) is 4.83. The van der Waals surface area contributed by atoms with E-state index in [1.807, 2.05) is 24.3 Å². The van der Waals surface area contributed by atoms with Crippen molar-refractivity contribution >= 4 is 17.3 Å². The Morgan fingerprint density at radius 2 is 1.68 bits per heavy atom. The number of carbonyl (C=O) groups is 1. The number of benzene rings is 2. The molecule has 4 aliphatic carbocycles. The highest BCUT2D eigenvalue weighted by Crippen LogP contribution is 2.58. The van der Waals surface area contributed by atoms with Gasteiger partial charge in [-0.1, -0.05) is 0 Å². The second kappa shape index (κ2) is 7.43. The van der Waals surface area contributed by atoms with Gasteiger partial charge in [0.25, 0.3) is 5.91 Å². The summed E-state index contributed by atoms with van der Waals surface area (Å²) in [5.74, 6) is 0.630. The molecule has 4 aliphatic rings. The van der Waals surface area contributed by atoms with Crippen molar-refractivity contribution in [3.05, 3.63) is 47.8 Å². The number of halogens is 1. The number of methoxy groups -OCH3 is 1. The maximum atomic E-state index is 13.9. The first-order chi connectivity index (χ1) is 14.9. The topological polar surface area (TPSA) is 61.8 Å². The molecule has 6 rings (SSSR count). The summed E-state index contributed by atoms with van der Waals surface area (Å²) >= 11 is 0. The highest BCUT2D eigenvalue weighted by Gasteiger charge is 2.52. The maximum Gasteiger partial charge on any atom is 0.255 e. The van der Waals surface area contributed by atoms with Gasteiger partial charge in [-0.15, -0.1) is 0 Å². The van der Waals surface area contributed by atoms with E-state index in [0.717, 1.165) is 29.5 Å². The molecule has 5 nitrogen and oxygen atoms in total. The lowest BCUT2D eigenvalue weighted by molar-refractivity contribution is -0.00200. The normalized spacial score (nSPS) is 28.4. The minimum absolute atomic E-state index is 0.0716. The second-order valence-corrected chi connectivity index (χ2v) is 9.71. The van der Waals surface area contributed by atoms with Crippen LogP contribution in [-0.4, -0.2) is 30.7 Å². The van der Waals surface area contributed by atoms with Crippen LogP contribution in [0.5, 0.6) is 11.5 Å². The fourth-order valence-corrected chi connectivity index (χ4v) is 6.58. The zero-order valence-electron chi connectivity index (χ0n) is 18.0. The molecule has 2 aromatic rings. The Morgan fingerprint density at radius 1 is 1.10 bits per heavy atom. The van der Waals surface area contributed by atoms with Gasteiger partial charge in [-0.2, -0.15) is 0 Å². The number of aromatic hydroxyl groups is 1. The van der Waals surface area contributed by atoms with Crippen LogP contribution >= 0.6 is 0 Å². The summed E-state index contributed by atoms with van der Waals surface area (Å²) in [6, 6.07) is 10.2. The quantitative estimate of drug-likeness (QED) is 0.693. The van der Waals surface area contributed by atoms with Gasteiger partial charge in [-0.25, -0.2) is 4.39 Å². The van der Waals surface area contributed by atoms with E-state index in [9.17, 15) is 14.3 Å². The summed E-state index contributed by atoms with van der Waals surface area (Å²) in [5.41, 5.74) is 2.17. The monoisotopic (exact) mass is 424 g/mol. The van der Waals surface area contributed by atoms with Gasteiger partial charge in [0.15, 0.2) is 17.3 Å². The lowest BCUT2D eigenvalue weighted by Crippen LogP contribution is -2.59. The molecular weight excluding hydrogens is 395 g/mol. The van der Waals surface area contributed by atoms with Crippen LogP contribution in [0.25, 0.3) is 0 Å². The summed E-state index contributed by atoms with van der Waals surface area (Å²) in [5, 5.41) is 12.4. The third-order valence-corrected chi connectivity index (χ3v) is 7.74. The van der Waals surface area contributed by atoms with Crippen molar-refractivity contribution in [1.29, 1.82) is 0 Å². The Labute approximate surface area is 182 Å². The predicted molar refractivity (Wildman–Crippen MR) is 118 cm³/mol. The number of nitrogens with one attached hydrogen (secondary N) is 1. The molecule has 164 valence electrons. The van der Waals surface area contributed by atoms with Crippen molar-refractivity contribution in [2.45, 2.75) is 44.1 Å². The minimum Gasteiger partial charge on any atom is -0.502 e. The molecule has 0 spiro atoms. The minimum atomic E-state index is -0.892. The summed E-state index contributed by atoms with van der Waals surface area (Å²) in [6.45, 7) is 0. The molecule has 4 bridgehead atoms. The van der Waals surface area contributed by atoms with E-state index in [0.29, 0.717) is 5.69 Å². The third kappa shape index (κ3) is 3.52. The highest BCUT2D eigenvalue weighted by atomic mass is 19.1. The van der Waals surface area contributed by atoms with Crippen molar-refractivity contribution in [2.24, 2.45) is 17.8 Å². The van der Waals surface area contributed by atoms with Crippen molar-refractivity contribution in [3.63, 3.8) is 0 Å². The van der Waals surface area contributed by atoms with Crippen LogP contribution in [0.3, 0.4) is 0 Å². The average Bonchev–Trinajstić information content (AvgIpc) is 2.74. The van der Waals surface area contributed by atoms with E-state index >= 15 is 0 Å². The van der Waals surface area contributed by atoms with Crippen LogP contribution in [-0.2, 0) is 0 Å². The van der Waals surface area contributed by atoms with Gasteiger partial charge in [-0.05, 0) is 92.7 Å². The summed E-state index contributed by atoms with van der Waals surface area (Å²) in [7, 11) is 3.53. The largest absolute Gasteiger partial charge is 0.502 e. The number of hydrogen-bond acceptors (Lipinski definition) is 4.